The van der Waals surface area contributed by atoms with Gasteiger partial charge in [-0.1, -0.05) is 5.16 Å². The van der Waals surface area contributed by atoms with E-state index in [0.29, 0.717) is 6.42 Å². The van der Waals surface area contributed by atoms with Gasteiger partial charge >= 0.3 is 0 Å². The molecule has 4 nitrogen and oxygen atoms in total. The van der Waals surface area contributed by atoms with Crippen molar-refractivity contribution < 1.29 is 5.21 Å². The van der Waals surface area contributed by atoms with Crippen LogP contribution in [-0.2, 0) is 6.54 Å². The molecule has 84 valence electrons. The Labute approximate surface area is 93.8 Å². The fourth-order valence-electron chi connectivity index (χ4n) is 1.21. The molecule has 15 heavy (non-hydrogen) atoms. The van der Waals surface area contributed by atoms with Crippen molar-refractivity contribution in [3.8, 4) is 0 Å². The van der Waals surface area contributed by atoms with E-state index in [1.165, 1.54) is 15.3 Å². The minimum absolute atomic E-state index is 0.265. The van der Waals surface area contributed by atoms with Gasteiger partial charge in [-0.05, 0) is 25.5 Å². The highest BCUT2D eigenvalue weighted by atomic mass is 32.1. The lowest BCUT2D eigenvalue weighted by atomic mass is 10.3. The topological polar surface area (TPSA) is 70.6 Å². The fourth-order valence-corrected chi connectivity index (χ4v) is 2.24. The number of thiophene rings is 1. The summed E-state index contributed by atoms with van der Waals surface area (Å²) >= 11 is 1.81. The van der Waals surface area contributed by atoms with Crippen LogP contribution in [0.1, 0.15) is 21.7 Å². The Hall–Kier alpha value is -1.07. The highest BCUT2D eigenvalue weighted by Gasteiger charge is 2.00. The van der Waals surface area contributed by atoms with Gasteiger partial charge in [-0.3, -0.25) is 0 Å². The zero-order valence-electron chi connectivity index (χ0n) is 9.08. The zero-order valence-corrected chi connectivity index (χ0v) is 9.90. The zero-order chi connectivity index (χ0) is 11.3. The number of oxime groups is 1. The molecule has 0 bridgehead atoms. The van der Waals surface area contributed by atoms with Crippen LogP contribution in [-0.4, -0.2) is 17.6 Å². The smallest absolute Gasteiger partial charge is 0.140 e. The van der Waals surface area contributed by atoms with Crippen LogP contribution in [0.4, 0.5) is 0 Å². The quantitative estimate of drug-likeness (QED) is 0.235. The van der Waals surface area contributed by atoms with Crippen molar-refractivity contribution in [1.29, 1.82) is 0 Å². The van der Waals surface area contributed by atoms with Gasteiger partial charge in [0.15, 0.2) is 0 Å². The maximum atomic E-state index is 8.33. The van der Waals surface area contributed by atoms with E-state index in [2.05, 4.69) is 30.4 Å². The molecule has 0 saturated heterocycles. The fraction of sp³-hybridized carbons (Fsp3) is 0.500. The molecule has 0 spiro atoms. The molecule has 4 N–H and O–H groups in total. The van der Waals surface area contributed by atoms with Crippen molar-refractivity contribution in [2.24, 2.45) is 10.9 Å². The normalized spacial score (nSPS) is 12.0. The predicted octanol–water partition coefficient (Wildman–Crippen LogP) is 1.59. The van der Waals surface area contributed by atoms with E-state index < -0.39 is 0 Å². The molecule has 5 heteroatoms. The number of hydrogen-bond donors (Lipinski definition) is 3. The molecule has 0 unspecified atom stereocenters. The van der Waals surface area contributed by atoms with E-state index in [4.69, 9.17) is 10.9 Å². The number of hydrogen-bond acceptors (Lipinski definition) is 4. The number of rotatable bonds is 5. The number of nitrogens with two attached hydrogens (primary N) is 1. The largest absolute Gasteiger partial charge is 0.409 e. The average Bonchev–Trinajstić information content (AvgIpc) is 2.53. The molecule has 1 aromatic heterocycles. The minimum Gasteiger partial charge on any atom is -0.409 e. The molecule has 1 rings (SSSR count). The van der Waals surface area contributed by atoms with Crippen LogP contribution in [0.25, 0.3) is 0 Å². The van der Waals surface area contributed by atoms with Gasteiger partial charge in [0.1, 0.15) is 5.84 Å². The van der Waals surface area contributed by atoms with E-state index in [-0.39, 0.29) is 5.84 Å². The summed E-state index contributed by atoms with van der Waals surface area (Å²) in [5, 5.41) is 14.5. The Morgan fingerprint density at radius 2 is 2.33 bits per heavy atom. The Kier molecular flexibility index (Phi) is 4.58. The second kappa shape index (κ2) is 5.72. The Morgan fingerprint density at radius 3 is 2.87 bits per heavy atom. The van der Waals surface area contributed by atoms with Gasteiger partial charge in [-0.2, -0.15) is 0 Å². The first-order valence-electron chi connectivity index (χ1n) is 4.86. The van der Waals surface area contributed by atoms with Gasteiger partial charge in [0.05, 0.1) is 0 Å². The summed E-state index contributed by atoms with van der Waals surface area (Å²) in [4.78, 5) is 2.69. The predicted molar refractivity (Wildman–Crippen MR) is 63.5 cm³/mol. The second-order valence-electron chi connectivity index (χ2n) is 3.47. The van der Waals surface area contributed by atoms with Crippen molar-refractivity contribution in [3.63, 3.8) is 0 Å². The third-order valence-electron chi connectivity index (χ3n) is 2.20. The van der Waals surface area contributed by atoms with Gasteiger partial charge in [0, 0.05) is 29.3 Å². The van der Waals surface area contributed by atoms with Crippen LogP contribution in [0.3, 0.4) is 0 Å². The number of aryl methyl sites for hydroxylation is 2. The van der Waals surface area contributed by atoms with Gasteiger partial charge in [-0.25, -0.2) is 0 Å². The van der Waals surface area contributed by atoms with Crippen molar-refractivity contribution in [1.82, 2.24) is 5.32 Å². The maximum Gasteiger partial charge on any atom is 0.140 e. The summed E-state index contributed by atoms with van der Waals surface area (Å²) < 4.78 is 0. The summed E-state index contributed by atoms with van der Waals surface area (Å²) in [5.41, 5.74) is 6.68. The van der Waals surface area contributed by atoms with Crippen LogP contribution in [0, 0.1) is 13.8 Å². The lowest BCUT2D eigenvalue weighted by Gasteiger charge is -2.01. The van der Waals surface area contributed by atoms with Crippen molar-refractivity contribution >= 4 is 17.2 Å². The first kappa shape index (κ1) is 12.0. The van der Waals surface area contributed by atoms with Crippen LogP contribution in [0.5, 0.6) is 0 Å². The summed E-state index contributed by atoms with van der Waals surface area (Å²) in [7, 11) is 0. The van der Waals surface area contributed by atoms with Crippen molar-refractivity contribution in [2.45, 2.75) is 26.8 Å². The summed E-state index contributed by atoms with van der Waals surface area (Å²) in [6, 6.07) is 2.19. The van der Waals surface area contributed by atoms with E-state index in [1.54, 1.807) is 11.3 Å². The molecule has 0 aliphatic heterocycles. The molecule has 0 fully saturated rings. The van der Waals surface area contributed by atoms with E-state index >= 15 is 0 Å². The van der Waals surface area contributed by atoms with E-state index in [9.17, 15) is 0 Å². The first-order valence-corrected chi connectivity index (χ1v) is 5.68. The van der Waals surface area contributed by atoms with E-state index in [1.807, 2.05) is 0 Å². The van der Waals surface area contributed by atoms with Crippen LogP contribution in [0.15, 0.2) is 11.2 Å². The second-order valence-corrected chi connectivity index (χ2v) is 4.81. The standard InChI is InChI=1S/C10H17N3OS/c1-7-5-9(15-8(7)2)6-12-4-3-10(11)13-14/h5,12,14H,3-4,6H2,1-2H3,(H2,11,13). The number of nitrogens with zero attached hydrogens (tertiary/aromatic N) is 1. The minimum atomic E-state index is 0.265. The van der Waals surface area contributed by atoms with Gasteiger partial charge < -0.3 is 16.3 Å². The first-order chi connectivity index (χ1) is 7.13. The molecule has 0 saturated carbocycles. The highest BCUT2D eigenvalue weighted by molar-refractivity contribution is 7.12. The monoisotopic (exact) mass is 227 g/mol. The molecule has 1 aromatic rings. The molecule has 0 aliphatic rings. The molecule has 0 atom stereocenters. The molecular weight excluding hydrogens is 210 g/mol. The van der Waals surface area contributed by atoms with Crippen LogP contribution < -0.4 is 11.1 Å². The Bertz CT molecular complexity index is 327. The lowest BCUT2D eigenvalue weighted by Crippen LogP contribution is -2.21. The third-order valence-corrected chi connectivity index (χ3v) is 3.36. The van der Waals surface area contributed by atoms with Gasteiger partial charge in [-0.15, -0.1) is 11.3 Å². The Balaban J connectivity index is 2.26. The molecular formula is C10H17N3OS. The third kappa shape index (κ3) is 3.89. The molecule has 0 radical (unpaired) electrons. The lowest BCUT2D eigenvalue weighted by molar-refractivity contribution is 0.316. The molecule has 1 heterocycles. The van der Waals surface area contributed by atoms with E-state index in [0.717, 1.165) is 13.1 Å². The summed E-state index contributed by atoms with van der Waals surface area (Å²) in [5.74, 6) is 0.265. The average molecular weight is 227 g/mol. The summed E-state index contributed by atoms with van der Waals surface area (Å²) in [6.07, 6.45) is 0.569. The molecule has 0 aliphatic carbocycles. The molecule has 0 aromatic carbocycles. The van der Waals surface area contributed by atoms with Crippen molar-refractivity contribution in [2.75, 3.05) is 6.54 Å². The van der Waals surface area contributed by atoms with Gasteiger partial charge in [0.25, 0.3) is 0 Å². The maximum absolute atomic E-state index is 8.33. The Morgan fingerprint density at radius 1 is 1.60 bits per heavy atom. The molecule has 0 amide bonds. The number of nitrogens with one attached hydrogen (secondary N) is 1. The van der Waals surface area contributed by atoms with Crippen LogP contribution in [0.2, 0.25) is 0 Å². The number of amidine groups is 1. The highest BCUT2D eigenvalue weighted by Crippen LogP contribution is 2.19. The van der Waals surface area contributed by atoms with Crippen LogP contribution >= 0.6 is 11.3 Å². The van der Waals surface area contributed by atoms with Crippen molar-refractivity contribution in [3.05, 3.63) is 21.4 Å². The SMILES string of the molecule is Cc1cc(CNCCC(N)=NO)sc1C. The summed E-state index contributed by atoms with van der Waals surface area (Å²) in [6.45, 7) is 5.82. The van der Waals surface area contributed by atoms with Gasteiger partial charge in [0.2, 0.25) is 0 Å².